The highest BCUT2D eigenvalue weighted by Gasteiger charge is 2.18. The maximum atomic E-state index is 6.10. The Kier molecular flexibility index (Phi) is 5.79. The lowest BCUT2D eigenvalue weighted by Gasteiger charge is -2.23. The average Bonchev–Trinajstić information content (AvgIpc) is 2.45. The van der Waals surface area contributed by atoms with Crippen molar-refractivity contribution in [3.8, 4) is 5.75 Å². The van der Waals surface area contributed by atoms with Gasteiger partial charge in [-0.2, -0.15) is 0 Å². The minimum Gasteiger partial charge on any atom is -0.484 e. The summed E-state index contributed by atoms with van der Waals surface area (Å²) in [5.41, 5.74) is 8.23. The van der Waals surface area contributed by atoms with E-state index in [4.69, 9.17) is 15.2 Å². The maximum Gasteiger partial charge on any atom is 0.138 e. The van der Waals surface area contributed by atoms with E-state index in [9.17, 15) is 0 Å². The zero-order chi connectivity index (χ0) is 15.2. The first kappa shape index (κ1) is 16.0. The first-order valence-corrected chi connectivity index (χ1v) is 7.65. The lowest BCUT2D eigenvalue weighted by Crippen LogP contribution is -2.29. The molecule has 0 heterocycles. The summed E-state index contributed by atoms with van der Waals surface area (Å²) in [6.07, 6.45) is -0.194. The van der Waals surface area contributed by atoms with Gasteiger partial charge in [-0.15, -0.1) is 0 Å². The molecule has 0 aliphatic heterocycles. The van der Waals surface area contributed by atoms with Crippen molar-refractivity contribution in [2.75, 3.05) is 7.11 Å². The van der Waals surface area contributed by atoms with Crippen molar-refractivity contribution < 1.29 is 9.47 Å². The molecule has 0 bridgehead atoms. The van der Waals surface area contributed by atoms with Gasteiger partial charge in [-0.3, -0.25) is 0 Å². The van der Waals surface area contributed by atoms with Gasteiger partial charge in [0.15, 0.2) is 0 Å². The molecule has 0 aliphatic carbocycles. The van der Waals surface area contributed by atoms with E-state index in [2.05, 4.69) is 15.9 Å². The Labute approximate surface area is 134 Å². The zero-order valence-corrected chi connectivity index (χ0v) is 13.8. The summed E-state index contributed by atoms with van der Waals surface area (Å²) in [5, 5.41) is 0. The second-order valence-electron chi connectivity index (χ2n) is 5.03. The van der Waals surface area contributed by atoms with Crippen LogP contribution in [0, 0.1) is 0 Å². The molecule has 0 aliphatic rings. The van der Waals surface area contributed by atoms with Crippen LogP contribution in [0.15, 0.2) is 53.0 Å². The summed E-state index contributed by atoms with van der Waals surface area (Å²) in [6, 6.07) is 15.8. The van der Waals surface area contributed by atoms with Gasteiger partial charge in [-0.05, 0) is 42.3 Å². The molecule has 2 aromatic carbocycles. The van der Waals surface area contributed by atoms with Crippen LogP contribution in [0.4, 0.5) is 0 Å². The molecule has 21 heavy (non-hydrogen) atoms. The highest BCUT2D eigenvalue weighted by atomic mass is 79.9. The highest BCUT2D eigenvalue weighted by Crippen LogP contribution is 2.27. The number of nitrogens with two attached hydrogens (primary N) is 1. The van der Waals surface area contributed by atoms with Crippen LogP contribution < -0.4 is 10.5 Å². The molecule has 2 rings (SSSR count). The summed E-state index contributed by atoms with van der Waals surface area (Å²) in [4.78, 5) is 0. The van der Waals surface area contributed by atoms with Crippen molar-refractivity contribution in [2.24, 2.45) is 5.73 Å². The van der Waals surface area contributed by atoms with Gasteiger partial charge in [0, 0.05) is 17.6 Å². The molecule has 0 fully saturated rings. The van der Waals surface area contributed by atoms with Gasteiger partial charge in [0.25, 0.3) is 0 Å². The monoisotopic (exact) mass is 349 g/mol. The molecule has 3 nitrogen and oxygen atoms in total. The second kappa shape index (κ2) is 7.59. The van der Waals surface area contributed by atoms with Crippen molar-refractivity contribution in [3.63, 3.8) is 0 Å². The van der Waals surface area contributed by atoms with Crippen molar-refractivity contribution in [2.45, 2.75) is 25.7 Å². The topological polar surface area (TPSA) is 44.5 Å². The van der Waals surface area contributed by atoms with Crippen LogP contribution in [-0.2, 0) is 11.3 Å². The van der Waals surface area contributed by atoms with E-state index in [0.717, 1.165) is 21.3 Å². The quantitative estimate of drug-likeness (QED) is 0.854. The van der Waals surface area contributed by atoms with Gasteiger partial charge in [-0.1, -0.05) is 40.2 Å². The molecule has 2 N–H and O–H groups in total. The fraction of sp³-hybridized carbons (Fsp3) is 0.294. The minimum atomic E-state index is -0.194. The molecule has 0 aromatic heterocycles. The number of benzene rings is 2. The Balaban J connectivity index is 2.22. The van der Waals surface area contributed by atoms with Gasteiger partial charge in [0.1, 0.15) is 11.9 Å². The maximum absolute atomic E-state index is 6.10. The molecule has 2 aromatic rings. The minimum absolute atomic E-state index is 0.120. The number of hydrogen-bond acceptors (Lipinski definition) is 3. The lowest BCUT2D eigenvalue weighted by molar-refractivity contribution is 0.175. The molecular formula is C17H20BrNO2. The van der Waals surface area contributed by atoms with Crippen LogP contribution in [0.2, 0.25) is 0 Å². The van der Waals surface area contributed by atoms with Gasteiger partial charge in [0.2, 0.25) is 0 Å². The third kappa shape index (κ3) is 4.56. The lowest BCUT2D eigenvalue weighted by atomic mass is 10.0. The number of hydrogen-bond donors (Lipinski definition) is 1. The van der Waals surface area contributed by atoms with Crippen LogP contribution in [0.25, 0.3) is 0 Å². The van der Waals surface area contributed by atoms with E-state index >= 15 is 0 Å². The first-order chi connectivity index (χ1) is 10.1. The molecule has 2 atom stereocenters. The highest BCUT2D eigenvalue weighted by molar-refractivity contribution is 9.10. The zero-order valence-electron chi connectivity index (χ0n) is 12.3. The van der Waals surface area contributed by atoms with Crippen molar-refractivity contribution in [1.29, 1.82) is 0 Å². The number of ether oxygens (including phenoxy) is 2. The summed E-state index contributed by atoms with van der Waals surface area (Å²) in [6.45, 7) is 2.52. The molecule has 0 spiro atoms. The van der Waals surface area contributed by atoms with Crippen LogP contribution in [0.1, 0.15) is 24.2 Å². The summed E-state index contributed by atoms with van der Waals surface area (Å²) in [7, 11) is 1.68. The molecule has 0 saturated heterocycles. The Hall–Kier alpha value is -1.36. The molecule has 0 radical (unpaired) electrons. The van der Waals surface area contributed by atoms with E-state index in [1.807, 2.05) is 55.5 Å². The molecule has 0 amide bonds. The fourth-order valence-corrected chi connectivity index (χ4v) is 2.60. The van der Waals surface area contributed by atoms with E-state index in [1.54, 1.807) is 7.11 Å². The smallest absolute Gasteiger partial charge is 0.138 e. The standard InChI is InChI=1S/C17H20BrNO2/c1-12(19)17(14-6-4-7-15(18)10-14)21-16-8-3-5-13(9-16)11-20-2/h3-10,12,17H,11,19H2,1-2H3. The number of halogens is 1. The van der Waals surface area contributed by atoms with Crippen LogP contribution >= 0.6 is 15.9 Å². The average molecular weight is 350 g/mol. The van der Waals surface area contributed by atoms with Crippen molar-refractivity contribution >= 4 is 15.9 Å². The normalized spacial score (nSPS) is 13.7. The van der Waals surface area contributed by atoms with Gasteiger partial charge >= 0.3 is 0 Å². The molecule has 2 unspecified atom stereocenters. The van der Waals surface area contributed by atoms with Crippen molar-refractivity contribution in [1.82, 2.24) is 0 Å². The predicted molar refractivity (Wildman–Crippen MR) is 88.3 cm³/mol. The number of methoxy groups -OCH3 is 1. The van der Waals surface area contributed by atoms with E-state index in [-0.39, 0.29) is 12.1 Å². The Morgan fingerprint density at radius 2 is 1.90 bits per heavy atom. The molecule has 4 heteroatoms. The predicted octanol–water partition coefficient (Wildman–Crippen LogP) is 4.06. The first-order valence-electron chi connectivity index (χ1n) is 6.85. The summed E-state index contributed by atoms with van der Waals surface area (Å²) in [5.74, 6) is 0.798. The van der Waals surface area contributed by atoms with Crippen LogP contribution in [0.3, 0.4) is 0 Å². The third-order valence-corrected chi connectivity index (χ3v) is 3.62. The van der Waals surface area contributed by atoms with Gasteiger partial charge in [-0.25, -0.2) is 0 Å². The van der Waals surface area contributed by atoms with E-state index in [1.165, 1.54) is 0 Å². The van der Waals surface area contributed by atoms with E-state index < -0.39 is 0 Å². The molecule has 112 valence electrons. The van der Waals surface area contributed by atoms with Gasteiger partial charge < -0.3 is 15.2 Å². The Morgan fingerprint density at radius 3 is 2.57 bits per heavy atom. The van der Waals surface area contributed by atoms with Crippen LogP contribution in [-0.4, -0.2) is 13.2 Å². The second-order valence-corrected chi connectivity index (χ2v) is 5.95. The molecular weight excluding hydrogens is 330 g/mol. The largest absolute Gasteiger partial charge is 0.484 e. The summed E-state index contributed by atoms with van der Waals surface area (Å²) < 4.78 is 12.3. The van der Waals surface area contributed by atoms with E-state index in [0.29, 0.717) is 6.61 Å². The summed E-state index contributed by atoms with van der Waals surface area (Å²) >= 11 is 3.48. The van der Waals surface area contributed by atoms with Gasteiger partial charge in [0.05, 0.1) is 6.61 Å². The molecule has 0 saturated carbocycles. The fourth-order valence-electron chi connectivity index (χ4n) is 2.18. The van der Waals surface area contributed by atoms with Crippen LogP contribution in [0.5, 0.6) is 5.75 Å². The number of rotatable bonds is 6. The Bertz CT molecular complexity index is 587. The third-order valence-electron chi connectivity index (χ3n) is 3.13. The van der Waals surface area contributed by atoms with Crippen molar-refractivity contribution in [3.05, 3.63) is 64.1 Å². The Morgan fingerprint density at radius 1 is 1.14 bits per heavy atom. The SMILES string of the molecule is COCc1cccc(OC(c2cccc(Br)c2)C(C)N)c1.